The summed E-state index contributed by atoms with van der Waals surface area (Å²) in [5.74, 6) is 0.802. The highest BCUT2D eigenvalue weighted by Gasteiger charge is 2.22. The molecule has 0 saturated carbocycles. The predicted molar refractivity (Wildman–Crippen MR) is 112 cm³/mol. The van der Waals surface area contributed by atoms with Crippen LogP contribution >= 0.6 is 0 Å². The molecule has 1 amide bonds. The summed E-state index contributed by atoms with van der Waals surface area (Å²) in [6.45, 7) is 1.83. The van der Waals surface area contributed by atoms with Crippen LogP contribution in [0.4, 0.5) is 0 Å². The summed E-state index contributed by atoms with van der Waals surface area (Å²) in [5, 5.41) is 2.92. The molecule has 0 unspecified atom stereocenters. The zero-order chi connectivity index (χ0) is 21.4. The van der Waals surface area contributed by atoms with Crippen LogP contribution in [0.1, 0.15) is 30.5 Å². The van der Waals surface area contributed by atoms with Crippen LogP contribution in [0.15, 0.2) is 48.5 Å². The molecule has 0 spiro atoms. The standard InChI is InChI=1S/C21H28N2O5S/c1-5-18(17-11-12-19(27-2)20(13-17)28-3)22-21(24)15-23(29(4,25)26)14-16-9-7-6-8-10-16/h6-13,18H,5,14-15H2,1-4H3,(H,22,24)/t18-/m0/s1. The molecule has 0 aliphatic carbocycles. The van der Waals surface area contributed by atoms with Crippen LogP contribution in [0.5, 0.6) is 11.5 Å². The maximum Gasteiger partial charge on any atom is 0.235 e. The van der Waals surface area contributed by atoms with E-state index >= 15 is 0 Å². The van der Waals surface area contributed by atoms with Crippen LogP contribution in [0.2, 0.25) is 0 Å². The number of carbonyl (C=O) groups excluding carboxylic acids is 1. The normalized spacial score (nSPS) is 12.4. The molecular weight excluding hydrogens is 392 g/mol. The Morgan fingerprint density at radius 1 is 1.07 bits per heavy atom. The highest BCUT2D eigenvalue weighted by molar-refractivity contribution is 7.88. The fourth-order valence-corrected chi connectivity index (χ4v) is 3.70. The van der Waals surface area contributed by atoms with E-state index in [0.717, 1.165) is 17.4 Å². The topological polar surface area (TPSA) is 84.9 Å². The van der Waals surface area contributed by atoms with Crippen molar-refractivity contribution in [2.45, 2.75) is 25.9 Å². The molecule has 0 aliphatic heterocycles. The molecule has 1 N–H and O–H groups in total. The van der Waals surface area contributed by atoms with Crippen molar-refractivity contribution in [3.8, 4) is 11.5 Å². The van der Waals surface area contributed by atoms with Crippen molar-refractivity contribution >= 4 is 15.9 Å². The number of nitrogens with one attached hydrogen (secondary N) is 1. The van der Waals surface area contributed by atoms with Gasteiger partial charge >= 0.3 is 0 Å². The van der Waals surface area contributed by atoms with Crippen molar-refractivity contribution in [2.24, 2.45) is 0 Å². The Labute approximate surface area is 172 Å². The monoisotopic (exact) mass is 420 g/mol. The molecule has 0 saturated heterocycles. The lowest BCUT2D eigenvalue weighted by Gasteiger charge is -2.23. The molecule has 0 radical (unpaired) electrons. The molecule has 0 aromatic heterocycles. The van der Waals surface area contributed by atoms with Gasteiger partial charge in [-0.05, 0) is 29.7 Å². The van der Waals surface area contributed by atoms with Gasteiger partial charge in [-0.3, -0.25) is 4.79 Å². The van der Waals surface area contributed by atoms with Crippen LogP contribution in [-0.4, -0.2) is 45.7 Å². The lowest BCUT2D eigenvalue weighted by Crippen LogP contribution is -2.41. The summed E-state index contributed by atoms with van der Waals surface area (Å²) in [6.07, 6.45) is 1.74. The average Bonchev–Trinajstić information content (AvgIpc) is 2.71. The average molecular weight is 421 g/mol. The van der Waals surface area contributed by atoms with Crippen molar-refractivity contribution in [2.75, 3.05) is 27.0 Å². The van der Waals surface area contributed by atoms with Gasteiger partial charge in [0, 0.05) is 6.54 Å². The quantitative estimate of drug-likeness (QED) is 0.639. The molecule has 2 rings (SSSR count). The minimum absolute atomic E-state index is 0.139. The third kappa shape index (κ3) is 6.47. The SMILES string of the molecule is CC[C@H](NC(=O)CN(Cc1ccccc1)S(C)(=O)=O)c1ccc(OC)c(OC)c1. The molecule has 8 heteroatoms. The molecule has 7 nitrogen and oxygen atoms in total. The minimum Gasteiger partial charge on any atom is -0.493 e. The molecule has 0 aliphatic rings. The molecule has 2 aromatic carbocycles. The van der Waals surface area contributed by atoms with Crippen LogP contribution in [0, 0.1) is 0 Å². The van der Waals surface area contributed by atoms with E-state index < -0.39 is 10.0 Å². The number of ether oxygens (including phenoxy) is 2. The molecular formula is C21H28N2O5S. The van der Waals surface area contributed by atoms with E-state index in [-0.39, 0.29) is 25.0 Å². The highest BCUT2D eigenvalue weighted by atomic mass is 32.2. The van der Waals surface area contributed by atoms with Crippen molar-refractivity contribution in [1.82, 2.24) is 9.62 Å². The van der Waals surface area contributed by atoms with E-state index in [1.807, 2.05) is 49.4 Å². The first kappa shape index (κ1) is 22.7. The van der Waals surface area contributed by atoms with Gasteiger partial charge in [-0.2, -0.15) is 4.31 Å². The third-order valence-corrected chi connectivity index (χ3v) is 5.74. The summed E-state index contributed by atoms with van der Waals surface area (Å²) in [4.78, 5) is 12.6. The first-order chi connectivity index (χ1) is 13.8. The molecule has 158 valence electrons. The van der Waals surface area contributed by atoms with Crippen LogP contribution in [0.25, 0.3) is 0 Å². The van der Waals surface area contributed by atoms with E-state index in [4.69, 9.17) is 9.47 Å². The van der Waals surface area contributed by atoms with Crippen LogP contribution < -0.4 is 14.8 Å². The van der Waals surface area contributed by atoms with Gasteiger partial charge in [0.25, 0.3) is 0 Å². The third-order valence-electron chi connectivity index (χ3n) is 4.54. The lowest BCUT2D eigenvalue weighted by atomic mass is 10.0. The maximum atomic E-state index is 12.6. The maximum absolute atomic E-state index is 12.6. The van der Waals surface area contributed by atoms with E-state index in [1.54, 1.807) is 20.3 Å². The number of hydrogen-bond donors (Lipinski definition) is 1. The Bertz CT molecular complexity index is 916. The molecule has 29 heavy (non-hydrogen) atoms. The predicted octanol–water partition coefficient (Wildman–Crippen LogP) is 2.73. The second-order valence-corrected chi connectivity index (χ2v) is 8.64. The van der Waals surface area contributed by atoms with Crippen molar-refractivity contribution in [3.05, 3.63) is 59.7 Å². The van der Waals surface area contributed by atoms with Crippen molar-refractivity contribution in [1.29, 1.82) is 0 Å². The van der Waals surface area contributed by atoms with Gasteiger partial charge in [-0.15, -0.1) is 0 Å². The van der Waals surface area contributed by atoms with E-state index in [0.29, 0.717) is 17.9 Å². The Hall–Kier alpha value is -2.58. The van der Waals surface area contributed by atoms with E-state index in [2.05, 4.69) is 5.32 Å². The summed E-state index contributed by atoms with van der Waals surface area (Å²) in [5.41, 5.74) is 1.67. The number of benzene rings is 2. The summed E-state index contributed by atoms with van der Waals surface area (Å²) in [7, 11) is -0.440. The summed E-state index contributed by atoms with van der Waals surface area (Å²) in [6, 6.07) is 14.3. The first-order valence-electron chi connectivity index (χ1n) is 9.28. The lowest BCUT2D eigenvalue weighted by molar-refractivity contribution is -0.122. The second kappa shape index (κ2) is 10.3. The number of hydrogen-bond acceptors (Lipinski definition) is 5. The smallest absolute Gasteiger partial charge is 0.235 e. The van der Waals surface area contributed by atoms with Crippen LogP contribution in [0.3, 0.4) is 0 Å². The number of sulfonamides is 1. The number of amides is 1. The minimum atomic E-state index is -3.55. The molecule has 0 bridgehead atoms. The fraction of sp³-hybridized carbons (Fsp3) is 0.381. The molecule has 0 heterocycles. The number of nitrogens with zero attached hydrogens (tertiary/aromatic N) is 1. The molecule has 0 fully saturated rings. The number of carbonyl (C=O) groups is 1. The first-order valence-corrected chi connectivity index (χ1v) is 11.1. The van der Waals surface area contributed by atoms with E-state index in [9.17, 15) is 13.2 Å². The Balaban J connectivity index is 2.13. The highest BCUT2D eigenvalue weighted by Crippen LogP contribution is 2.30. The Morgan fingerprint density at radius 3 is 2.28 bits per heavy atom. The summed E-state index contributed by atoms with van der Waals surface area (Å²) >= 11 is 0. The van der Waals surface area contributed by atoms with Crippen LogP contribution in [-0.2, 0) is 21.4 Å². The van der Waals surface area contributed by atoms with Gasteiger partial charge < -0.3 is 14.8 Å². The summed E-state index contributed by atoms with van der Waals surface area (Å²) < 4.78 is 36.1. The van der Waals surface area contributed by atoms with Crippen molar-refractivity contribution in [3.63, 3.8) is 0 Å². The van der Waals surface area contributed by atoms with Gasteiger partial charge in [0.2, 0.25) is 15.9 Å². The Kier molecular flexibility index (Phi) is 8.04. The second-order valence-electron chi connectivity index (χ2n) is 6.66. The van der Waals surface area contributed by atoms with E-state index in [1.165, 1.54) is 4.31 Å². The van der Waals surface area contributed by atoms with Gasteiger partial charge in [-0.25, -0.2) is 8.42 Å². The van der Waals surface area contributed by atoms with Crippen molar-refractivity contribution < 1.29 is 22.7 Å². The zero-order valence-electron chi connectivity index (χ0n) is 17.2. The zero-order valence-corrected chi connectivity index (χ0v) is 18.0. The number of methoxy groups -OCH3 is 2. The van der Waals surface area contributed by atoms with Gasteiger partial charge in [0.1, 0.15) is 0 Å². The molecule has 1 atom stereocenters. The largest absolute Gasteiger partial charge is 0.493 e. The fourth-order valence-electron chi connectivity index (χ4n) is 2.97. The van der Waals surface area contributed by atoms with Gasteiger partial charge in [0.15, 0.2) is 11.5 Å². The number of rotatable bonds is 10. The molecule has 2 aromatic rings. The van der Waals surface area contributed by atoms with Gasteiger partial charge in [0.05, 0.1) is 33.1 Å². The van der Waals surface area contributed by atoms with Gasteiger partial charge in [-0.1, -0.05) is 43.3 Å². The Morgan fingerprint density at radius 2 is 1.72 bits per heavy atom.